The minimum atomic E-state index is 0.0357. The quantitative estimate of drug-likeness (QED) is 0.518. The summed E-state index contributed by atoms with van der Waals surface area (Å²) in [5.41, 5.74) is 8.04. The second-order valence-electron chi connectivity index (χ2n) is 11.3. The topological polar surface area (TPSA) is 62.6 Å². The van der Waals surface area contributed by atoms with Crippen LogP contribution in [0.15, 0.2) is 24.3 Å². The summed E-state index contributed by atoms with van der Waals surface area (Å²) in [5, 5.41) is 4.81. The van der Waals surface area contributed by atoms with E-state index >= 15 is 0 Å². The number of pyridine rings is 1. The summed E-state index contributed by atoms with van der Waals surface area (Å²) < 4.78 is 7.93. The van der Waals surface area contributed by atoms with Gasteiger partial charge in [-0.1, -0.05) is 18.2 Å². The van der Waals surface area contributed by atoms with Crippen molar-refractivity contribution in [2.75, 3.05) is 44.7 Å². The predicted octanol–water partition coefficient (Wildman–Crippen LogP) is 4.45. The lowest BCUT2D eigenvalue weighted by Crippen LogP contribution is -2.62. The molecule has 1 saturated carbocycles. The Labute approximate surface area is 219 Å². The number of amides is 1. The monoisotopic (exact) mass is 501 g/mol. The lowest BCUT2D eigenvalue weighted by molar-refractivity contribution is -0.0257. The van der Waals surface area contributed by atoms with E-state index in [1.807, 2.05) is 11.0 Å². The van der Waals surface area contributed by atoms with E-state index in [9.17, 15) is 4.79 Å². The van der Waals surface area contributed by atoms with Gasteiger partial charge in [-0.3, -0.25) is 9.69 Å². The van der Waals surface area contributed by atoms with Crippen molar-refractivity contribution in [1.82, 2.24) is 19.4 Å². The maximum Gasteiger partial charge on any atom is 0.272 e. The number of hydrogen-bond donors (Lipinski definition) is 1. The molecule has 2 saturated heterocycles. The minimum Gasteiger partial charge on any atom is -0.379 e. The van der Waals surface area contributed by atoms with Crippen LogP contribution in [0.1, 0.15) is 51.3 Å². The fraction of sp³-hybridized carbons (Fsp3) is 0.533. The Morgan fingerprint density at radius 3 is 2.46 bits per heavy atom. The second kappa shape index (κ2) is 9.76. The molecule has 7 heteroatoms. The highest BCUT2D eigenvalue weighted by Crippen LogP contribution is 2.37. The van der Waals surface area contributed by atoms with Gasteiger partial charge < -0.3 is 19.5 Å². The number of ether oxygens (including phenoxy) is 1. The molecule has 1 N–H and O–H groups in total. The van der Waals surface area contributed by atoms with Gasteiger partial charge in [0.05, 0.1) is 18.7 Å². The number of nitrogens with zero attached hydrogens (tertiary/aromatic N) is 4. The van der Waals surface area contributed by atoms with Crippen molar-refractivity contribution in [2.45, 2.75) is 59.7 Å². The van der Waals surface area contributed by atoms with Crippen LogP contribution in [-0.4, -0.2) is 70.7 Å². The highest BCUT2D eigenvalue weighted by atomic mass is 16.5. The van der Waals surface area contributed by atoms with Gasteiger partial charge in [0, 0.05) is 56.4 Å². The molecular weight excluding hydrogens is 462 g/mol. The lowest BCUT2D eigenvalue weighted by Gasteiger charge is -2.46. The smallest absolute Gasteiger partial charge is 0.272 e. The molecule has 2 aromatic heterocycles. The summed E-state index contributed by atoms with van der Waals surface area (Å²) in [4.78, 5) is 23.0. The molecule has 6 rings (SSSR count). The third kappa shape index (κ3) is 4.64. The third-order valence-electron chi connectivity index (χ3n) is 8.76. The van der Waals surface area contributed by atoms with Gasteiger partial charge in [-0.2, -0.15) is 0 Å². The molecule has 0 atom stereocenters. The number of likely N-dealkylation sites (tertiary alicyclic amines) is 1. The molecule has 1 amide bonds. The first-order chi connectivity index (χ1) is 17.9. The maximum absolute atomic E-state index is 13.6. The Bertz CT molecular complexity index is 1310. The van der Waals surface area contributed by atoms with E-state index in [2.05, 4.69) is 60.7 Å². The first-order valence-electron chi connectivity index (χ1n) is 13.8. The number of fused-ring (bicyclic) bond motifs is 1. The van der Waals surface area contributed by atoms with Crippen LogP contribution < -0.4 is 5.32 Å². The number of anilines is 1. The highest BCUT2D eigenvalue weighted by Gasteiger charge is 2.36. The van der Waals surface area contributed by atoms with Crippen LogP contribution in [-0.2, 0) is 17.8 Å². The number of benzene rings is 1. The van der Waals surface area contributed by atoms with Gasteiger partial charge in [-0.05, 0) is 74.8 Å². The average Bonchev–Trinajstić information content (AvgIpc) is 3.66. The van der Waals surface area contributed by atoms with Crippen LogP contribution in [0.4, 0.5) is 5.82 Å². The van der Waals surface area contributed by atoms with Gasteiger partial charge >= 0.3 is 0 Å². The molecule has 4 heterocycles. The van der Waals surface area contributed by atoms with Gasteiger partial charge in [0.2, 0.25) is 0 Å². The van der Waals surface area contributed by atoms with E-state index in [4.69, 9.17) is 9.72 Å². The SMILES string of the molecule is Cc1cccc(C)c1CNc1nc(C(=O)N2CC(N3CCOCC3)C2)cc2c(C)c(C)n(CC3CC3)c12. The molecule has 37 heavy (non-hydrogen) atoms. The first kappa shape index (κ1) is 24.4. The van der Waals surface area contributed by atoms with Gasteiger partial charge in [-0.25, -0.2) is 4.98 Å². The second-order valence-corrected chi connectivity index (χ2v) is 11.3. The summed E-state index contributed by atoms with van der Waals surface area (Å²) in [5.74, 6) is 1.61. The number of carbonyl (C=O) groups excluding carboxylic acids is 1. The van der Waals surface area contributed by atoms with E-state index in [1.54, 1.807) is 0 Å². The zero-order valence-electron chi connectivity index (χ0n) is 22.6. The number of carbonyl (C=O) groups is 1. The summed E-state index contributed by atoms with van der Waals surface area (Å²) in [6, 6.07) is 8.89. The van der Waals surface area contributed by atoms with Crippen molar-refractivity contribution in [3.63, 3.8) is 0 Å². The van der Waals surface area contributed by atoms with Crippen molar-refractivity contribution < 1.29 is 9.53 Å². The van der Waals surface area contributed by atoms with Crippen molar-refractivity contribution >= 4 is 22.6 Å². The number of hydrogen-bond acceptors (Lipinski definition) is 5. The van der Waals surface area contributed by atoms with Crippen LogP contribution >= 0.6 is 0 Å². The molecule has 3 aliphatic rings. The number of nitrogens with one attached hydrogen (secondary N) is 1. The van der Waals surface area contributed by atoms with E-state index < -0.39 is 0 Å². The van der Waals surface area contributed by atoms with Gasteiger partial charge in [0.25, 0.3) is 5.91 Å². The standard InChI is InChI=1S/C30H39N5O2/c1-19-6-5-7-20(2)26(19)15-31-29-28-25(21(3)22(4)35(28)16-23-8-9-23)14-27(32-29)30(36)34-17-24(18-34)33-10-12-37-13-11-33/h5-7,14,23-24H,8-13,15-18H2,1-4H3,(H,31,32). The zero-order chi connectivity index (χ0) is 25.7. The number of aromatic nitrogens is 2. The van der Waals surface area contributed by atoms with E-state index in [-0.39, 0.29) is 5.91 Å². The Morgan fingerprint density at radius 2 is 1.78 bits per heavy atom. The van der Waals surface area contributed by atoms with Crippen LogP contribution in [0, 0.1) is 33.6 Å². The molecule has 1 aromatic carbocycles. The van der Waals surface area contributed by atoms with E-state index in [0.29, 0.717) is 18.3 Å². The number of morpholine rings is 1. The summed E-state index contributed by atoms with van der Waals surface area (Å²) >= 11 is 0. The molecule has 0 bridgehead atoms. The molecule has 2 aliphatic heterocycles. The largest absolute Gasteiger partial charge is 0.379 e. The lowest BCUT2D eigenvalue weighted by atomic mass is 10.0. The van der Waals surface area contributed by atoms with Crippen LogP contribution in [0.5, 0.6) is 0 Å². The normalized spacial score (nSPS) is 18.9. The molecule has 196 valence electrons. The summed E-state index contributed by atoms with van der Waals surface area (Å²) in [6.07, 6.45) is 2.60. The molecule has 7 nitrogen and oxygen atoms in total. The predicted molar refractivity (Wildman–Crippen MR) is 147 cm³/mol. The molecule has 3 fully saturated rings. The van der Waals surface area contributed by atoms with Crippen molar-refractivity contribution in [1.29, 1.82) is 0 Å². The fourth-order valence-electron chi connectivity index (χ4n) is 5.94. The minimum absolute atomic E-state index is 0.0357. The Kier molecular flexibility index (Phi) is 6.45. The van der Waals surface area contributed by atoms with Gasteiger partial charge in [0.15, 0.2) is 5.82 Å². The Balaban J connectivity index is 1.32. The number of rotatable bonds is 7. The van der Waals surface area contributed by atoms with E-state index in [1.165, 1.54) is 40.8 Å². The Hall–Kier alpha value is -2.90. The molecule has 0 spiro atoms. The highest BCUT2D eigenvalue weighted by molar-refractivity contribution is 6.01. The molecule has 0 radical (unpaired) electrons. The van der Waals surface area contributed by atoms with Gasteiger partial charge in [0.1, 0.15) is 5.69 Å². The van der Waals surface area contributed by atoms with Crippen LogP contribution in [0.3, 0.4) is 0 Å². The van der Waals surface area contributed by atoms with Gasteiger partial charge in [-0.15, -0.1) is 0 Å². The number of aryl methyl sites for hydroxylation is 3. The molecular formula is C30H39N5O2. The summed E-state index contributed by atoms with van der Waals surface area (Å²) in [7, 11) is 0. The summed E-state index contributed by atoms with van der Waals surface area (Å²) in [6.45, 7) is 15.4. The third-order valence-corrected chi connectivity index (χ3v) is 8.76. The van der Waals surface area contributed by atoms with Crippen LogP contribution in [0.25, 0.3) is 10.9 Å². The zero-order valence-corrected chi connectivity index (χ0v) is 22.6. The Morgan fingerprint density at radius 1 is 1.08 bits per heavy atom. The maximum atomic E-state index is 13.6. The van der Waals surface area contributed by atoms with Crippen molar-refractivity contribution in [3.8, 4) is 0 Å². The van der Waals surface area contributed by atoms with Crippen molar-refractivity contribution in [3.05, 3.63) is 57.9 Å². The molecule has 3 aromatic rings. The van der Waals surface area contributed by atoms with Crippen molar-refractivity contribution in [2.24, 2.45) is 5.92 Å². The van der Waals surface area contributed by atoms with E-state index in [0.717, 1.165) is 68.6 Å². The fourth-order valence-corrected chi connectivity index (χ4v) is 5.94. The molecule has 0 unspecified atom stereocenters. The molecule has 1 aliphatic carbocycles. The average molecular weight is 502 g/mol. The first-order valence-corrected chi connectivity index (χ1v) is 13.8. The van der Waals surface area contributed by atoms with Crippen LogP contribution in [0.2, 0.25) is 0 Å².